The van der Waals surface area contributed by atoms with Crippen LogP contribution in [0.2, 0.25) is 0 Å². The third-order valence-electron chi connectivity index (χ3n) is 2.62. The van der Waals surface area contributed by atoms with Crippen LogP contribution in [0.5, 0.6) is 0 Å². The van der Waals surface area contributed by atoms with Crippen LogP contribution in [0, 0.1) is 0 Å². The van der Waals surface area contributed by atoms with Crippen molar-refractivity contribution >= 4 is 27.6 Å². The van der Waals surface area contributed by atoms with Gasteiger partial charge in [0.15, 0.2) is 0 Å². The predicted octanol–water partition coefficient (Wildman–Crippen LogP) is 2.75. The molecule has 2 amide bonds. The molecule has 0 aromatic heterocycles. The van der Waals surface area contributed by atoms with E-state index in [4.69, 9.17) is 4.74 Å². The number of anilines is 1. The summed E-state index contributed by atoms with van der Waals surface area (Å²) in [7, 11) is 0. The van der Waals surface area contributed by atoms with Crippen LogP contribution < -0.4 is 10.6 Å². The van der Waals surface area contributed by atoms with E-state index in [2.05, 4.69) is 26.6 Å². The average Bonchev–Trinajstić information content (AvgIpc) is 2.83. The highest BCUT2D eigenvalue weighted by atomic mass is 79.9. The Bertz CT molecular complexity index is 375. The van der Waals surface area contributed by atoms with Crippen LogP contribution in [0.25, 0.3) is 0 Å². The van der Waals surface area contributed by atoms with E-state index < -0.39 is 0 Å². The molecular formula is C12H15BrN2O2. The van der Waals surface area contributed by atoms with Crippen molar-refractivity contribution in [1.82, 2.24) is 5.32 Å². The Morgan fingerprint density at radius 2 is 2.18 bits per heavy atom. The number of nitrogens with one attached hydrogen (secondary N) is 2. The van der Waals surface area contributed by atoms with Crippen molar-refractivity contribution in [3.05, 3.63) is 28.7 Å². The van der Waals surface area contributed by atoms with Gasteiger partial charge in [-0.2, -0.15) is 0 Å². The molecule has 1 saturated heterocycles. The van der Waals surface area contributed by atoms with Gasteiger partial charge in [0.05, 0.1) is 6.10 Å². The number of amides is 2. The van der Waals surface area contributed by atoms with Crippen molar-refractivity contribution in [2.45, 2.75) is 18.9 Å². The molecule has 0 unspecified atom stereocenters. The van der Waals surface area contributed by atoms with Gasteiger partial charge in [0.25, 0.3) is 0 Å². The molecule has 2 N–H and O–H groups in total. The highest BCUT2D eigenvalue weighted by Crippen LogP contribution is 2.14. The number of halogens is 1. The second-order valence-corrected chi connectivity index (χ2v) is 4.89. The van der Waals surface area contributed by atoms with Crippen LogP contribution in [-0.4, -0.2) is 25.3 Å². The average molecular weight is 299 g/mol. The molecule has 2 rings (SSSR count). The van der Waals surface area contributed by atoms with Crippen molar-refractivity contribution in [3.63, 3.8) is 0 Å². The maximum atomic E-state index is 11.6. The highest BCUT2D eigenvalue weighted by Gasteiger charge is 2.15. The fourth-order valence-electron chi connectivity index (χ4n) is 1.72. The summed E-state index contributed by atoms with van der Waals surface area (Å²) in [5.41, 5.74) is 0.776. The lowest BCUT2D eigenvalue weighted by Gasteiger charge is -2.11. The summed E-state index contributed by atoms with van der Waals surface area (Å²) in [6, 6.07) is 7.26. The van der Waals surface area contributed by atoms with Crippen molar-refractivity contribution < 1.29 is 9.53 Å². The second kappa shape index (κ2) is 6.02. The molecule has 4 nitrogen and oxygen atoms in total. The first kappa shape index (κ1) is 12.4. The largest absolute Gasteiger partial charge is 0.376 e. The zero-order chi connectivity index (χ0) is 12.1. The maximum absolute atomic E-state index is 11.6. The van der Waals surface area contributed by atoms with Crippen LogP contribution >= 0.6 is 15.9 Å². The lowest BCUT2D eigenvalue weighted by atomic mass is 10.2. The van der Waals surface area contributed by atoms with E-state index in [-0.39, 0.29) is 12.1 Å². The molecule has 1 aromatic carbocycles. The van der Waals surface area contributed by atoms with E-state index in [1.807, 2.05) is 24.3 Å². The normalized spacial score (nSPS) is 19.0. The fraction of sp³-hybridized carbons (Fsp3) is 0.417. The Hall–Kier alpha value is -1.07. The topological polar surface area (TPSA) is 50.4 Å². The van der Waals surface area contributed by atoms with Gasteiger partial charge in [0.2, 0.25) is 0 Å². The molecule has 1 fully saturated rings. The Kier molecular flexibility index (Phi) is 4.39. The van der Waals surface area contributed by atoms with Crippen LogP contribution in [0.15, 0.2) is 28.7 Å². The molecule has 5 heteroatoms. The number of rotatable bonds is 3. The van der Waals surface area contributed by atoms with E-state index in [1.165, 1.54) is 0 Å². The number of benzene rings is 1. The fourth-order valence-corrected chi connectivity index (χ4v) is 1.98. The number of ether oxygens (including phenoxy) is 1. The van der Waals surface area contributed by atoms with E-state index in [9.17, 15) is 4.79 Å². The maximum Gasteiger partial charge on any atom is 0.319 e. The van der Waals surface area contributed by atoms with E-state index in [0.717, 1.165) is 29.6 Å². The third-order valence-corrected chi connectivity index (χ3v) is 3.15. The Morgan fingerprint density at radius 3 is 2.82 bits per heavy atom. The lowest BCUT2D eigenvalue weighted by molar-refractivity contribution is 0.112. The number of hydrogen-bond donors (Lipinski definition) is 2. The van der Waals surface area contributed by atoms with Gasteiger partial charge in [-0.3, -0.25) is 0 Å². The summed E-state index contributed by atoms with van der Waals surface area (Å²) in [4.78, 5) is 11.6. The number of carbonyl (C=O) groups is 1. The Balaban J connectivity index is 1.74. The summed E-state index contributed by atoms with van der Waals surface area (Å²) in [6.45, 7) is 1.38. The van der Waals surface area contributed by atoms with Crippen LogP contribution in [-0.2, 0) is 4.74 Å². The zero-order valence-corrected chi connectivity index (χ0v) is 11.0. The quantitative estimate of drug-likeness (QED) is 0.901. The highest BCUT2D eigenvalue weighted by molar-refractivity contribution is 9.10. The van der Waals surface area contributed by atoms with Crippen molar-refractivity contribution in [2.75, 3.05) is 18.5 Å². The molecule has 1 atom stereocenters. The van der Waals surface area contributed by atoms with E-state index >= 15 is 0 Å². The molecule has 0 saturated carbocycles. The molecule has 17 heavy (non-hydrogen) atoms. The van der Waals surface area contributed by atoms with Gasteiger partial charge in [-0.1, -0.05) is 15.9 Å². The number of carbonyl (C=O) groups excluding carboxylic acids is 1. The van der Waals surface area contributed by atoms with Gasteiger partial charge in [0.1, 0.15) is 0 Å². The van der Waals surface area contributed by atoms with Gasteiger partial charge in [-0.15, -0.1) is 0 Å². The minimum absolute atomic E-state index is 0.172. The molecular weight excluding hydrogens is 284 g/mol. The molecule has 1 heterocycles. The van der Waals surface area contributed by atoms with E-state index in [1.54, 1.807) is 0 Å². The van der Waals surface area contributed by atoms with Gasteiger partial charge in [0, 0.05) is 23.3 Å². The molecule has 1 aliphatic heterocycles. The lowest BCUT2D eigenvalue weighted by Crippen LogP contribution is -2.34. The number of urea groups is 1. The van der Waals surface area contributed by atoms with Gasteiger partial charge in [-0.25, -0.2) is 4.79 Å². The zero-order valence-electron chi connectivity index (χ0n) is 9.41. The van der Waals surface area contributed by atoms with Gasteiger partial charge in [-0.05, 0) is 37.1 Å². The summed E-state index contributed by atoms with van der Waals surface area (Å²) in [6.07, 6.45) is 2.28. The predicted molar refractivity (Wildman–Crippen MR) is 70.1 cm³/mol. The summed E-state index contributed by atoms with van der Waals surface area (Å²) in [5.74, 6) is 0. The SMILES string of the molecule is O=C(NC[C@H]1CCCO1)Nc1ccc(Br)cc1. The molecule has 0 radical (unpaired) electrons. The first-order chi connectivity index (χ1) is 8.24. The van der Waals surface area contributed by atoms with Crippen LogP contribution in [0.3, 0.4) is 0 Å². The van der Waals surface area contributed by atoms with E-state index in [0.29, 0.717) is 6.54 Å². The number of hydrogen-bond acceptors (Lipinski definition) is 2. The first-order valence-electron chi connectivity index (χ1n) is 5.66. The molecule has 92 valence electrons. The van der Waals surface area contributed by atoms with Crippen molar-refractivity contribution in [2.24, 2.45) is 0 Å². The molecule has 0 bridgehead atoms. The van der Waals surface area contributed by atoms with Crippen LogP contribution in [0.4, 0.5) is 10.5 Å². The molecule has 1 aromatic rings. The first-order valence-corrected chi connectivity index (χ1v) is 6.45. The molecule has 1 aliphatic rings. The Labute approximate surface area is 109 Å². The monoisotopic (exact) mass is 298 g/mol. The third kappa shape index (κ3) is 4.02. The summed E-state index contributed by atoms with van der Waals surface area (Å²) < 4.78 is 6.41. The molecule has 0 spiro atoms. The van der Waals surface area contributed by atoms with Crippen molar-refractivity contribution in [3.8, 4) is 0 Å². The minimum Gasteiger partial charge on any atom is -0.376 e. The molecule has 0 aliphatic carbocycles. The van der Waals surface area contributed by atoms with Crippen molar-refractivity contribution in [1.29, 1.82) is 0 Å². The smallest absolute Gasteiger partial charge is 0.319 e. The van der Waals surface area contributed by atoms with Gasteiger partial charge >= 0.3 is 6.03 Å². The summed E-state index contributed by atoms with van der Waals surface area (Å²) in [5, 5.41) is 5.57. The standard InChI is InChI=1S/C12H15BrN2O2/c13-9-3-5-10(6-4-9)15-12(16)14-8-11-2-1-7-17-11/h3-6,11H,1-2,7-8H2,(H2,14,15,16)/t11-/m1/s1. The Morgan fingerprint density at radius 1 is 1.41 bits per heavy atom. The summed E-state index contributed by atoms with van der Waals surface area (Å²) >= 11 is 3.34. The second-order valence-electron chi connectivity index (χ2n) is 3.98. The van der Waals surface area contributed by atoms with Gasteiger partial charge < -0.3 is 15.4 Å². The minimum atomic E-state index is -0.192. The van der Waals surface area contributed by atoms with Crippen LogP contribution in [0.1, 0.15) is 12.8 Å².